The number of hydrogen-bond acceptors (Lipinski definition) is 1. The summed E-state index contributed by atoms with van der Waals surface area (Å²) in [6.45, 7) is 16.5. The topological polar surface area (TPSA) is 26.0 Å². The average molecular weight is 223 g/mol. The molecule has 0 saturated heterocycles. The van der Waals surface area contributed by atoms with Gasteiger partial charge in [0.15, 0.2) is 0 Å². The number of rotatable bonds is 5. The van der Waals surface area contributed by atoms with E-state index in [1.54, 1.807) is 6.08 Å². The minimum absolute atomic E-state index is 0.0124. The molecule has 0 saturated carbocycles. The molecule has 0 heterocycles. The molecular weight excluding hydrogens is 201 g/mol. The van der Waals surface area contributed by atoms with Gasteiger partial charge in [-0.25, -0.2) is 4.39 Å². The third-order valence-corrected chi connectivity index (χ3v) is 1.76. The van der Waals surface area contributed by atoms with E-state index < -0.39 is 5.83 Å². The second-order valence-corrected chi connectivity index (χ2v) is 2.81. The van der Waals surface area contributed by atoms with Gasteiger partial charge in [0.25, 0.3) is 0 Å². The first-order valence-corrected chi connectivity index (χ1v) is 5.35. The van der Waals surface area contributed by atoms with Gasteiger partial charge in [-0.05, 0) is 23.6 Å². The molecular formula is C14H22FN. The van der Waals surface area contributed by atoms with Crippen LogP contribution < -0.4 is 5.73 Å². The summed E-state index contributed by atoms with van der Waals surface area (Å²) < 4.78 is 12.5. The highest BCUT2D eigenvalue weighted by Gasteiger charge is 2.00. The van der Waals surface area contributed by atoms with Crippen molar-refractivity contribution in [1.29, 1.82) is 0 Å². The van der Waals surface area contributed by atoms with Crippen LogP contribution >= 0.6 is 0 Å². The molecule has 0 unspecified atom stereocenters. The molecule has 0 aliphatic heterocycles. The molecule has 0 aliphatic carbocycles. The van der Waals surface area contributed by atoms with Gasteiger partial charge in [-0.2, -0.15) is 0 Å². The van der Waals surface area contributed by atoms with Gasteiger partial charge in [-0.15, -0.1) is 0 Å². The molecule has 0 atom stereocenters. The van der Waals surface area contributed by atoms with Crippen LogP contribution in [0.25, 0.3) is 0 Å². The molecule has 90 valence electrons. The molecule has 0 rings (SSSR count). The maximum atomic E-state index is 12.5. The highest BCUT2D eigenvalue weighted by atomic mass is 19.1. The molecule has 0 aromatic rings. The van der Waals surface area contributed by atoms with E-state index in [1.807, 2.05) is 26.8 Å². The van der Waals surface area contributed by atoms with E-state index in [4.69, 9.17) is 5.73 Å². The van der Waals surface area contributed by atoms with Crippen molar-refractivity contribution in [3.8, 4) is 0 Å². The Kier molecular flexibility index (Phi) is 10.5. The van der Waals surface area contributed by atoms with Gasteiger partial charge in [0.1, 0.15) is 5.83 Å². The van der Waals surface area contributed by atoms with Crippen LogP contribution in [0.5, 0.6) is 0 Å². The normalized spacial score (nSPS) is 11.2. The van der Waals surface area contributed by atoms with Crippen molar-refractivity contribution < 1.29 is 4.39 Å². The second kappa shape index (κ2) is 9.97. The second-order valence-electron chi connectivity index (χ2n) is 2.81. The molecule has 0 aromatic heterocycles. The molecule has 0 radical (unpaired) electrons. The first-order valence-electron chi connectivity index (χ1n) is 5.35. The number of allylic oxidation sites excluding steroid dienone is 6. The molecule has 0 spiro atoms. The predicted octanol–water partition coefficient (Wildman–Crippen LogP) is 4.42. The van der Waals surface area contributed by atoms with E-state index in [-0.39, 0.29) is 5.70 Å². The summed E-state index contributed by atoms with van der Waals surface area (Å²) in [5, 5.41) is 0. The third kappa shape index (κ3) is 6.82. The molecule has 0 amide bonds. The lowest BCUT2D eigenvalue weighted by Crippen LogP contribution is -1.98. The zero-order valence-electron chi connectivity index (χ0n) is 10.5. The lowest BCUT2D eigenvalue weighted by atomic mass is 10.0. The van der Waals surface area contributed by atoms with Crippen molar-refractivity contribution in [2.45, 2.75) is 27.2 Å². The Bertz CT molecular complexity index is 309. The fourth-order valence-corrected chi connectivity index (χ4v) is 0.953. The van der Waals surface area contributed by atoms with Crippen LogP contribution in [0.3, 0.4) is 0 Å². The van der Waals surface area contributed by atoms with E-state index in [2.05, 4.69) is 19.7 Å². The minimum Gasteiger partial charge on any atom is -0.396 e. The maximum Gasteiger partial charge on any atom is 0.138 e. The van der Waals surface area contributed by atoms with Gasteiger partial charge in [0.05, 0.1) is 5.70 Å². The fourth-order valence-electron chi connectivity index (χ4n) is 0.953. The fraction of sp³-hybridized carbons (Fsp3) is 0.286. The lowest BCUT2D eigenvalue weighted by molar-refractivity contribution is 0.653. The first-order chi connectivity index (χ1) is 7.52. The van der Waals surface area contributed by atoms with Gasteiger partial charge in [-0.3, -0.25) is 0 Å². The van der Waals surface area contributed by atoms with E-state index in [0.717, 1.165) is 12.0 Å². The standard InChI is InChI=1S/C12H16FN.C2H6/c1-5-7-11(6-2)9(3)8-12(14)10(4)13;1-2/h5,7-8H,1,3-4,6,14H2,2H3;1-2H3/b11-7+,12-8+;. The largest absolute Gasteiger partial charge is 0.396 e. The maximum absolute atomic E-state index is 12.5. The Morgan fingerprint density at radius 3 is 2.12 bits per heavy atom. The number of nitrogens with two attached hydrogens (primary N) is 1. The van der Waals surface area contributed by atoms with Gasteiger partial charge >= 0.3 is 0 Å². The summed E-state index contributed by atoms with van der Waals surface area (Å²) in [5.41, 5.74) is 7.05. The monoisotopic (exact) mass is 223 g/mol. The molecule has 0 aliphatic rings. The van der Waals surface area contributed by atoms with Crippen molar-refractivity contribution in [1.82, 2.24) is 0 Å². The van der Waals surface area contributed by atoms with Crippen molar-refractivity contribution >= 4 is 0 Å². The van der Waals surface area contributed by atoms with Crippen molar-refractivity contribution in [3.63, 3.8) is 0 Å². The molecule has 0 bridgehead atoms. The summed E-state index contributed by atoms with van der Waals surface area (Å²) in [6.07, 6.45) is 5.76. The Morgan fingerprint density at radius 2 is 1.81 bits per heavy atom. The van der Waals surface area contributed by atoms with Gasteiger partial charge in [0, 0.05) is 0 Å². The Labute approximate surface area is 98.5 Å². The Hall–Kier alpha value is -1.57. The van der Waals surface area contributed by atoms with Crippen LogP contribution in [-0.2, 0) is 0 Å². The lowest BCUT2D eigenvalue weighted by Gasteiger charge is -2.04. The average Bonchev–Trinajstić information content (AvgIpc) is 2.28. The van der Waals surface area contributed by atoms with Gasteiger partial charge in [-0.1, -0.05) is 52.7 Å². The van der Waals surface area contributed by atoms with E-state index >= 15 is 0 Å². The van der Waals surface area contributed by atoms with E-state index in [1.165, 1.54) is 6.08 Å². The van der Waals surface area contributed by atoms with Crippen LogP contribution in [0.2, 0.25) is 0 Å². The van der Waals surface area contributed by atoms with Crippen molar-refractivity contribution in [2.75, 3.05) is 0 Å². The van der Waals surface area contributed by atoms with Crippen LogP contribution in [0.1, 0.15) is 27.2 Å². The zero-order chi connectivity index (χ0) is 13.1. The molecule has 2 N–H and O–H groups in total. The highest BCUT2D eigenvalue weighted by molar-refractivity contribution is 5.42. The molecule has 0 aromatic carbocycles. The van der Waals surface area contributed by atoms with E-state index in [0.29, 0.717) is 5.57 Å². The van der Waals surface area contributed by atoms with Crippen molar-refractivity contribution in [2.24, 2.45) is 5.73 Å². The summed E-state index contributed by atoms with van der Waals surface area (Å²) in [5.74, 6) is -0.639. The predicted molar refractivity (Wildman–Crippen MR) is 71.6 cm³/mol. The zero-order valence-corrected chi connectivity index (χ0v) is 10.5. The Morgan fingerprint density at radius 1 is 1.31 bits per heavy atom. The van der Waals surface area contributed by atoms with Crippen LogP contribution in [0, 0.1) is 0 Å². The minimum atomic E-state index is -0.639. The van der Waals surface area contributed by atoms with E-state index in [9.17, 15) is 4.39 Å². The van der Waals surface area contributed by atoms with Gasteiger partial charge in [0.2, 0.25) is 0 Å². The van der Waals surface area contributed by atoms with Crippen LogP contribution in [0.15, 0.2) is 60.6 Å². The molecule has 2 heteroatoms. The number of halogens is 1. The molecule has 16 heavy (non-hydrogen) atoms. The van der Waals surface area contributed by atoms with Crippen LogP contribution in [0.4, 0.5) is 4.39 Å². The van der Waals surface area contributed by atoms with Crippen molar-refractivity contribution in [3.05, 3.63) is 60.6 Å². The molecule has 1 nitrogen and oxygen atoms in total. The molecule has 0 fully saturated rings. The third-order valence-electron chi connectivity index (χ3n) is 1.76. The highest BCUT2D eigenvalue weighted by Crippen LogP contribution is 2.16. The summed E-state index contributed by atoms with van der Waals surface area (Å²) in [4.78, 5) is 0. The summed E-state index contributed by atoms with van der Waals surface area (Å²) in [6, 6.07) is 0. The SMILES string of the molecule is C=C/C=C(\CC)C(=C)/C=C(/N)C(=C)F.CC. The number of hydrogen-bond donors (Lipinski definition) is 1. The first kappa shape index (κ1) is 16.8. The van der Waals surface area contributed by atoms with Gasteiger partial charge < -0.3 is 5.73 Å². The quantitative estimate of drug-likeness (QED) is 0.686. The smallest absolute Gasteiger partial charge is 0.138 e. The van der Waals surface area contributed by atoms with Crippen LogP contribution in [-0.4, -0.2) is 0 Å². The summed E-state index contributed by atoms with van der Waals surface area (Å²) in [7, 11) is 0. The Balaban J connectivity index is 0. The summed E-state index contributed by atoms with van der Waals surface area (Å²) >= 11 is 0.